The van der Waals surface area contributed by atoms with Crippen LogP contribution in [0.15, 0.2) is 72.8 Å². The Labute approximate surface area is 209 Å². The van der Waals surface area contributed by atoms with Gasteiger partial charge >= 0.3 is 6.03 Å². The Hall–Kier alpha value is -4.78. The minimum Gasteiger partial charge on any atom is -0.381 e. The summed E-state index contributed by atoms with van der Waals surface area (Å²) in [5.41, 5.74) is 4.46. The molecule has 184 valence electrons. The molecule has 10 nitrogen and oxygen atoms in total. The lowest BCUT2D eigenvalue weighted by molar-refractivity contribution is -0.664. The summed E-state index contributed by atoms with van der Waals surface area (Å²) in [6, 6.07) is 23.7. The fraction of sp³-hybridized carbons (Fsp3) is 0.231. The van der Waals surface area contributed by atoms with Gasteiger partial charge in [0.05, 0.1) is 16.9 Å². The van der Waals surface area contributed by atoms with Crippen LogP contribution in [0.1, 0.15) is 23.6 Å². The Balaban J connectivity index is 1.49. The van der Waals surface area contributed by atoms with Gasteiger partial charge in [-0.15, -0.1) is 5.01 Å². The summed E-state index contributed by atoms with van der Waals surface area (Å²) in [4.78, 5) is 28.4. The molecule has 1 N–H and O–H groups in total. The van der Waals surface area contributed by atoms with Crippen molar-refractivity contribution in [2.45, 2.75) is 26.2 Å². The summed E-state index contributed by atoms with van der Waals surface area (Å²) < 4.78 is 0. The van der Waals surface area contributed by atoms with Crippen LogP contribution in [0.25, 0.3) is 0 Å². The third-order valence-corrected chi connectivity index (χ3v) is 6.05. The molecule has 4 rings (SSSR count). The Kier molecular flexibility index (Phi) is 6.92. The van der Waals surface area contributed by atoms with E-state index < -0.39 is 17.2 Å². The van der Waals surface area contributed by atoms with Crippen LogP contribution in [0.2, 0.25) is 0 Å². The highest BCUT2D eigenvalue weighted by Crippen LogP contribution is 2.30. The van der Waals surface area contributed by atoms with Crippen molar-refractivity contribution in [1.82, 2.24) is 10.0 Å². The fourth-order valence-corrected chi connectivity index (χ4v) is 4.18. The molecule has 0 spiro atoms. The number of rotatable bonds is 8. The van der Waals surface area contributed by atoms with E-state index in [0.717, 1.165) is 32.6 Å². The van der Waals surface area contributed by atoms with Crippen LogP contribution in [0.3, 0.4) is 0 Å². The molecule has 1 saturated heterocycles. The number of nitrogens with zero attached hydrogens (tertiary/aromatic N) is 6. The van der Waals surface area contributed by atoms with Gasteiger partial charge in [-0.25, -0.2) is 14.9 Å². The zero-order valence-electron chi connectivity index (χ0n) is 20.3. The topological polar surface area (TPSA) is 109 Å². The first kappa shape index (κ1) is 24.3. The van der Waals surface area contributed by atoms with Gasteiger partial charge in [-0.1, -0.05) is 36.4 Å². The zero-order chi connectivity index (χ0) is 25.8. The van der Waals surface area contributed by atoms with Crippen molar-refractivity contribution in [2.75, 3.05) is 29.3 Å². The predicted octanol–water partition coefficient (Wildman–Crippen LogP) is 4.43. The van der Waals surface area contributed by atoms with E-state index in [-0.39, 0.29) is 6.54 Å². The molecule has 2 amide bonds. The maximum Gasteiger partial charge on any atom is 0.350 e. The zero-order valence-corrected chi connectivity index (χ0v) is 20.3. The van der Waals surface area contributed by atoms with E-state index in [1.54, 1.807) is 31.2 Å². The fourth-order valence-electron chi connectivity index (χ4n) is 4.18. The molecule has 10 heteroatoms. The van der Waals surface area contributed by atoms with Gasteiger partial charge in [-0.3, -0.25) is 4.90 Å². The van der Waals surface area contributed by atoms with Crippen LogP contribution >= 0.6 is 0 Å². The Morgan fingerprint density at radius 1 is 1.06 bits per heavy atom. The van der Waals surface area contributed by atoms with Gasteiger partial charge in [0.2, 0.25) is 0 Å². The highest BCUT2D eigenvalue weighted by atomic mass is 16.7. The van der Waals surface area contributed by atoms with E-state index in [2.05, 4.69) is 11.4 Å². The molecule has 1 fully saturated rings. The van der Waals surface area contributed by atoms with Gasteiger partial charge in [0.1, 0.15) is 6.07 Å². The normalized spacial score (nSPS) is 15.1. The van der Waals surface area contributed by atoms with Crippen molar-refractivity contribution < 1.29 is 9.83 Å². The van der Waals surface area contributed by atoms with Gasteiger partial charge < -0.3 is 10.2 Å². The molecular formula is C26H27N7O3. The smallest absolute Gasteiger partial charge is 0.350 e. The molecule has 1 atom stereocenters. The lowest BCUT2D eigenvalue weighted by Gasteiger charge is -2.21. The summed E-state index contributed by atoms with van der Waals surface area (Å²) in [6.45, 7) is 2.39. The van der Waals surface area contributed by atoms with Crippen molar-refractivity contribution in [3.63, 3.8) is 0 Å². The van der Waals surface area contributed by atoms with Crippen LogP contribution < -0.4 is 15.2 Å². The lowest BCUT2D eigenvalue weighted by Crippen LogP contribution is -2.45. The average Bonchev–Trinajstić information content (AvgIpc) is 3.13. The number of hydrogen-bond acceptors (Lipinski definition) is 6. The molecule has 1 aliphatic rings. The monoisotopic (exact) mass is 485 g/mol. The van der Waals surface area contributed by atoms with Crippen molar-refractivity contribution >= 4 is 23.1 Å². The van der Waals surface area contributed by atoms with Crippen LogP contribution in [0.4, 0.5) is 21.9 Å². The van der Waals surface area contributed by atoms with Crippen molar-refractivity contribution in [3.8, 4) is 6.07 Å². The van der Waals surface area contributed by atoms with E-state index in [1.165, 1.54) is 4.90 Å². The molecule has 1 heterocycles. The molecule has 0 saturated carbocycles. The van der Waals surface area contributed by atoms with E-state index >= 15 is 0 Å². The molecule has 0 aliphatic carbocycles. The quantitative estimate of drug-likeness (QED) is 0.371. The SMILES string of the molecule is CC1N(Cc2ccccc2)C(=O)N(c2ccc(NCc3ccc(N(C)C)c(C#N)c3)cc2)N1[N+](=O)[O-]. The van der Waals surface area contributed by atoms with Crippen LogP contribution in [0, 0.1) is 21.4 Å². The number of amides is 2. The standard InChI is InChI=1S/C26H27N7O3/c1-19-30(18-20-7-5-4-6-8-20)26(34)31(32(19)33(35)36)24-12-10-23(11-13-24)28-17-21-9-14-25(29(2)3)22(15-21)16-27/h4-15,19,28H,17-18H2,1-3H3. The molecule has 3 aromatic carbocycles. The van der Waals surface area contributed by atoms with Crippen molar-refractivity contribution in [3.05, 3.63) is 99.6 Å². The van der Waals surface area contributed by atoms with E-state index in [1.807, 2.05) is 67.5 Å². The van der Waals surface area contributed by atoms with E-state index in [4.69, 9.17) is 0 Å². The second-order valence-corrected chi connectivity index (χ2v) is 8.66. The van der Waals surface area contributed by atoms with E-state index in [0.29, 0.717) is 17.8 Å². The summed E-state index contributed by atoms with van der Waals surface area (Å²) in [5.74, 6) is 0. The second-order valence-electron chi connectivity index (χ2n) is 8.66. The first-order chi connectivity index (χ1) is 17.3. The predicted molar refractivity (Wildman–Crippen MR) is 137 cm³/mol. The highest BCUT2D eigenvalue weighted by Gasteiger charge is 2.49. The number of anilines is 3. The summed E-state index contributed by atoms with van der Waals surface area (Å²) >= 11 is 0. The Morgan fingerprint density at radius 2 is 1.75 bits per heavy atom. The van der Waals surface area contributed by atoms with Gasteiger partial charge in [-0.2, -0.15) is 5.26 Å². The van der Waals surface area contributed by atoms with Gasteiger partial charge in [-0.05, 0) is 54.4 Å². The molecule has 36 heavy (non-hydrogen) atoms. The third kappa shape index (κ3) is 4.86. The van der Waals surface area contributed by atoms with Crippen molar-refractivity contribution in [1.29, 1.82) is 5.26 Å². The Bertz CT molecular complexity index is 1290. The molecule has 1 unspecified atom stereocenters. The summed E-state index contributed by atoms with van der Waals surface area (Å²) in [5, 5.41) is 26.0. The number of carbonyl (C=O) groups is 1. The minimum absolute atomic E-state index is 0.263. The molecule has 0 radical (unpaired) electrons. The van der Waals surface area contributed by atoms with Crippen molar-refractivity contribution in [2.24, 2.45) is 0 Å². The lowest BCUT2D eigenvalue weighted by atomic mass is 10.1. The molecule has 0 aromatic heterocycles. The average molecular weight is 486 g/mol. The van der Waals surface area contributed by atoms with Gasteiger partial charge in [0.15, 0.2) is 11.2 Å². The third-order valence-electron chi connectivity index (χ3n) is 6.05. The number of hydrogen-bond donors (Lipinski definition) is 1. The first-order valence-electron chi connectivity index (χ1n) is 11.4. The van der Waals surface area contributed by atoms with Gasteiger partial charge in [0.25, 0.3) is 0 Å². The van der Waals surface area contributed by atoms with Crippen LogP contribution in [-0.2, 0) is 13.1 Å². The number of carbonyl (C=O) groups excluding carboxylic acids is 1. The first-order valence-corrected chi connectivity index (χ1v) is 11.4. The van der Waals surface area contributed by atoms with Gasteiger partial charge in [0, 0.05) is 38.0 Å². The highest BCUT2D eigenvalue weighted by molar-refractivity contribution is 5.93. The Morgan fingerprint density at radius 3 is 2.36 bits per heavy atom. The maximum absolute atomic E-state index is 13.2. The van der Waals surface area contributed by atoms with Crippen LogP contribution in [0.5, 0.6) is 0 Å². The maximum atomic E-state index is 13.2. The number of nitrogens with one attached hydrogen (secondary N) is 1. The number of nitriles is 1. The molecule has 1 aliphatic heterocycles. The number of urea groups is 1. The summed E-state index contributed by atoms with van der Waals surface area (Å²) in [7, 11) is 3.78. The molecular weight excluding hydrogens is 458 g/mol. The molecule has 3 aromatic rings. The number of benzene rings is 3. The number of nitro groups is 1. The number of hydrazine groups is 2. The molecule has 0 bridgehead atoms. The largest absolute Gasteiger partial charge is 0.381 e. The second kappa shape index (κ2) is 10.2. The van der Waals surface area contributed by atoms with Crippen LogP contribution in [-0.4, -0.2) is 41.3 Å². The summed E-state index contributed by atoms with van der Waals surface area (Å²) in [6.07, 6.45) is -0.759. The van der Waals surface area contributed by atoms with E-state index in [9.17, 15) is 20.2 Å². The minimum atomic E-state index is -0.759.